The van der Waals surface area contributed by atoms with Gasteiger partial charge >= 0.3 is 6.03 Å². The van der Waals surface area contributed by atoms with E-state index in [-0.39, 0.29) is 17.6 Å². The van der Waals surface area contributed by atoms with E-state index in [9.17, 15) is 14.0 Å². The SMILES string of the molecule is O=C(Nc1ccc(F)cc1)Nc1ccc(NC(=O)C2CC2)cc1. The largest absolute Gasteiger partial charge is 0.326 e. The zero-order valence-electron chi connectivity index (χ0n) is 12.3. The molecule has 23 heavy (non-hydrogen) atoms. The van der Waals surface area contributed by atoms with Crippen LogP contribution < -0.4 is 16.0 Å². The van der Waals surface area contributed by atoms with Gasteiger partial charge in [-0.3, -0.25) is 4.79 Å². The topological polar surface area (TPSA) is 70.2 Å². The summed E-state index contributed by atoms with van der Waals surface area (Å²) in [5.74, 6) is -0.172. The van der Waals surface area contributed by atoms with Gasteiger partial charge in [0.2, 0.25) is 5.91 Å². The van der Waals surface area contributed by atoms with Crippen molar-refractivity contribution >= 4 is 29.0 Å². The second-order valence-electron chi connectivity index (χ2n) is 5.43. The smallest absolute Gasteiger partial charge is 0.323 e. The minimum atomic E-state index is -0.425. The van der Waals surface area contributed by atoms with Crippen molar-refractivity contribution in [2.45, 2.75) is 12.8 Å². The summed E-state index contributed by atoms with van der Waals surface area (Å²) in [5, 5.41) is 8.09. The van der Waals surface area contributed by atoms with Crippen LogP contribution in [-0.2, 0) is 4.79 Å². The van der Waals surface area contributed by atoms with Gasteiger partial charge in [0.15, 0.2) is 0 Å². The third-order valence-electron chi connectivity index (χ3n) is 3.46. The van der Waals surface area contributed by atoms with Crippen molar-refractivity contribution in [2.75, 3.05) is 16.0 Å². The van der Waals surface area contributed by atoms with Gasteiger partial charge in [0.25, 0.3) is 0 Å². The maximum atomic E-state index is 12.8. The Morgan fingerprint density at radius 1 is 0.783 bits per heavy atom. The Hall–Kier alpha value is -2.89. The predicted molar refractivity (Wildman–Crippen MR) is 86.8 cm³/mol. The molecule has 0 bridgehead atoms. The summed E-state index contributed by atoms with van der Waals surface area (Å²) in [4.78, 5) is 23.5. The number of rotatable bonds is 4. The average molecular weight is 313 g/mol. The molecule has 3 N–H and O–H groups in total. The molecule has 1 saturated carbocycles. The molecule has 0 atom stereocenters. The van der Waals surface area contributed by atoms with E-state index in [2.05, 4.69) is 16.0 Å². The molecule has 1 fully saturated rings. The number of carbonyl (C=O) groups excluding carboxylic acids is 2. The van der Waals surface area contributed by atoms with Gasteiger partial charge in [-0.15, -0.1) is 0 Å². The Kier molecular flexibility index (Phi) is 4.23. The summed E-state index contributed by atoms with van der Waals surface area (Å²) in [6, 6.07) is 11.9. The minimum absolute atomic E-state index is 0.0414. The van der Waals surface area contributed by atoms with Gasteiger partial charge in [0.1, 0.15) is 5.82 Å². The number of benzene rings is 2. The molecule has 0 aliphatic heterocycles. The summed E-state index contributed by atoms with van der Waals surface area (Å²) in [6.07, 6.45) is 1.91. The second kappa shape index (κ2) is 6.48. The van der Waals surface area contributed by atoms with Gasteiger partial charge in [-0.25, -0.2) is 9.18 Å². The first-order chi connectivity index (χ1) is 11.1. The average Bonchev–Trinajstić information content (AvgIpc) is 3.36. The Balaban J connectivity index is 1.53. The zero-order chi connectivity index (χ0) is 16.2. The molecule has 3 rings (SSSR count). The van der Waals surface area contributed by atoms with Crippen LogP contribution in [0.4, 0.5) is 26.2 Å². The van der Waals surface area contributed by atoms with Crippen LogP contribution in [0.3, 0.4) is 0 Å². The molecule has 0 aromatic heterocycles. The van der Waals surface area contributed by atoms with Gasteiger partial charge in [-0.05, 0) is 61.4 Å². The number of amides is 3. The van der Waals surface area contributed by atoms with Crippen LogP contribution in [0.25, 0.3) is 0 Å². The lowest BCUT2D eigenvalue weighted by atomic mass is 10.2. The molecule has 1 aliphatic carbocycles. The standard InChI is InChI=1S/C17H16FN3O2/c18-12-3-5-14(6-4-12)20-17(23)21-15-9-7-13(8-10-15)19-16(22)11-1-2-11/h3-11H,1-2H2,(H,19,22)(H2,20,21,23). The van der Waals surface area contributed by atoms with E-state index in [1.54, 1.807) is 24.3 Å². The van der Waals surface area contributed by atoms with Crippen LogP contribution >= 0.6 is 0 Å². The summed E-state index contributed by atoms with van der Waals surface area (Å²) >= 11 is 0. The Bertz CT molecular complexity index is 710. The molecule has 0 radical (unpaired) electrons. The molecule has 0 heterocycles. The van der Waals surface area contributed by atoms with Gasteiger partial charge in [-0.1, -0.05) is 0 Å². The van der Waals surface area contributed by atoms with Gasteiger partial charge in [-0.2, -0.15) is 0 Å². The van der Waals surface area contributed by atoms with E-state index in [0.29, 0.717) is 17.1 Å². The van der Waals surface area contributed by atoms with Crippen LogP contribution in [0.1, 0.15) is 12.8 Å². The Labute approximate surface area is 132 Å². The van der Waals surface area contributed by atoms with Gasteiger partial charge in [0.05, 0.1) is 0 Å². The lowest BCUT2D eigenvalue weighted by molar-refractivity contribution is -0.117. The lowest BCUT2D eigenvalue weighted by Crippen LogP contribution is -2.19. The highest BCUT2D eigenvalue weighted by molar-refractivity contribution is 6.00. The van der Waals surface area contributed by atoms with E-state index in [4.69, 9.17) is 0 Å². The van der Waals surface area contributed by atoms with E-state index < -0.39 is 6.03 Å². The molecular weight excluding hydrogens is 297 g/mol. The molecule has 6 heteroatoms. The van der Waals surface area contributed by atoms with Crippen molar-refractivity contribution in [3.05, 3.63) is 54.3 Å². The lowest BCUT2D eigenvalue weighted by Gasteiger charge is -2.09. The van der Waals surface area contributed by atoms with Crippen molar-refractivity contribution in [1.82, 2.24) is 0 Å². The second-order valence-corrected chi connectivity index (χ2v) is 5.43. The molecule has 0 saturated heterocycles. The number of hydrogen-bond acceptors (Lipinski definition) is 2. The van der Waals surface area contributed by atoms with E-state index in [1.807, 2.05) is 0 Å². The maximum absolute atomic E-state index is 12.8. The maximum Gasteiger partial charge on any atom is 0.323 e. The molecule has 2 aromatic rings. The number of halogens is 1. The summed E-state index contributed by atoms with van der Waals surface area (Å²) in [7, 11) is 0. The van der Waals surface area contributed by atoms with Crippen LogP contribution in [0.2, 0.25) is 0 Å². The first-order valence-electron chi connectivity index (χ1n) is 7.35. The Morgan fingerprint density at radius 3 is 1.70 bits per heavy atom. The molecule has 2 aromatic carbocycles. The van der Waals surface area contributed by atoms with Crippen LogP contribution in [0, 0.1) is 11.7 Å². The number of anilines is 3. The highest BCUT2D eigenvalue weighted by Crippen LogP contribution is 2.30. The summed E-state index contributed by atoms with van der Waals surface area (Å²) < 4.78 is 12.8. The highest BCUT2D eigenvalue weighted by atomic mass is 19.1. The van der Waals surface area contributed by atoms with Crippen molar-refractivity contribution in [3.8, 4) is 0 Å². The zero-order valence-corrected chi connectivity index (χ0v) is 12.3. The molecular formula is C17H16FN3O2. The van der Waals surface area contributed by atoms with Crippen molar-refractivity contribution < 1.29 is 14.0 Å². The molecule has 0 spiro atoms. The molecule has 3 amide bonds. The number of carbonyl (C=O) groups is 2. The first kappa shape index (κ1) is 15.0. The first-order valence-corrected chi connectivity index (χ1v) is 7.35. The summed E-state index contributed by atoms with van der Waals surface area (Å²) in [6.45, 7) is 0. The fraction of sp³-hybridized carbons (Fsp3) is 0.176. The Morgan fingerprint density at radius 2 is 1.22 bits per heavy atom. The van der Waals surface area contributed by atoms with Gasteiger partial charge < -0.3 is 16.0 Å². The van der Waals surface area contributed by atoms with Crippen LogP contribution in [0.5, 0.6) is 0 Å². The van der Waals surface area contributed by atoms with Gasteiger partial charge in [0, 0.05) is 23.0 Å². The van der Waals surface area contributed by atoms with E-state index in [0.717, 1.165) is 12.8 Å². The van der Waals surface area contributed by atoms with E-state index in [1.165, 1.54) is 24.3 Å². The third-order valence-corrected chi connectivity index (χ3v) is 3.46. The number of urea groups is 1. The quantitative estimate of drug-likeness (QED) is 0.803. The van der Waals surface area contributed by atoms with Crippen LogP contribution in [0.15, 0.2) is 48.5 Å². The van der Waals surface area contributed by atoms with Crippen molar-refractivity contribution in [3.63, 3.8) is 0 Å². The van der Waals surface area contributed by atoms with Crippen molar-refractivity contribution in [1.29, 1.82) is 0 Å². The molecule has 118 valence electrons. The highest BCUT2D eigenvalue weighted by Gasteiger charge is 2.29. The normalized spacial score (nSPS) is 13.3. The minimum Gasteiger partial charge on any atom is -0.326 e. The molecule has 5 nitrogen and oxygen atoms in total. The molecule has 0 unspecified atom stereocenters. The van der Waals surface area contributed by atoms with E-state index >= 15 is 0 Å². The number of nitrogens with one attached hydrogen (secondary N) is 3. The summed E-state index contributed by atoms with van der Waals surface area (Å²) in [5.41, 5.74) is 1.79. The number of hydrogen-bond donors (Lipinski definition) is 3. The molecule has 1 aliphatic rings. The monoisotopic (exact) mass is 313 g/mol. The fourth-order valence-electron chi connectivity index (χ4n) is 2.05. The predicted octanol–water partition coefficient (Wildman–Crippen LogP) is 3.82. The fourth-order valence-corrected chi connectivity index (χ4v) is 2.05. The van der Waals surface area contributed by atoms with Crippen molar-refractivity contribution in [2.24, 2.45) is 5.92 Å². The van der Waals surface area contributed by atoms with Crippen LogP contribution in [-0.4, -0.2) is 11.9 Å². The third kappa shape index (κ3) is 4.29.